The summed E-state index contributed by atoms with van der Waals surface area (Å²) >= 11 is 0. The zero-order valence-corrected chi connectivity index (χ0v) is 19.5. The average molecular weight is 502 g/mol. The summed E-state index contributed by atoms with van der Waals surface area (Å²) in [5.74, 6) is -4.08. The largest absolute Gasteiger partial charge is 0.503 e. The maximum atomic E-state index is 14.0. The van der Waals surface area contributed by atoms with Crippen LogP contribution in [0.2, 0.25) is 0 Å². The highest BCUT2D eigenvalue weighted by Crippen LogP contribution is 2.46. The number of aromatic nitrogens is 1. The van der Waals surface area contributed by atoms with Crippen LogP contribution in [0, 0.1) is 11.6 Å². The van der Waals surface area contributed by atoms with Crippen molar-refractivity contribution in [3.05, 3.63) is 63.1 Å². The number of nitrogens with one attached hydrogen (secondary N) is 1. The van der Waals surface area contributed by atoms with Gasteiger partial charge in [0, 0.05) is 37.0 Å². The van der Waals surface area contributed by atoms with Gasteiger partial charge in [0.05, 0.1) is 11.8 Å². The summed E-state index contributed by atoms with van der Waals surface area (Å²) in [5, 5.41) is 28.1. The summed E-state index contributed by atoms with van der Waals surface area (Å²) < 4.78 is 28.4. The van der Waals surface area contributed by atoms with Crippen molar-refractivity contribution in [2.75, 3.05) is 6.54 Å². The van der Waals surface area contributed by atoms with E-state index in [2.05, 4.69) is 10.5 Å². The van der Waals surface area contributed by atoms with Gasteiger partial charge in [0.1, 0.15) is 23.3 Å². The minimum absolute atomic E-state index is 0.00957. The van der Waals surface area contributed by atoms with Gasteiger partial charge in [-0.1, -0.05) is 11.2 Å². The average Bonchev–Trinajstić information content (AvgIpc) is 3.05. The number of aromatic hydroxyl groups is 1. The first-order valence-corrected chi connectivity index (χ1v) is 11.5. The van der Waals surface area contributed by atoms with E-state index in [4.69, 9.17) is 4.84 Å². The number of amides is 2. The van der Waals surface area contributed by atoms with Crippen molar-refractivity contribution in [2.45, 2.75) is 57.0 Å². The Balaban J connectivity index is 1.57. The Labute approximate surface area is 203 Å². The van der Waals surface area contributed by atoms with E-state index in [1.54, 1.807) is 6.92 Å². The Hall–Kier alpha value is -3.80. The Bertz CT molecular complexity index is 1380. The van der Waals surface area contributed by atoms with Gasteiger partial charge < -0.3 is 29.8 Å². The lowest BCUT2D eigenvalue weighted by Crippen LogP contribution is -2.56. The number of carbonyl (C=O) groups excluding carboxylic acids is 2. The minimum atomic E-state index is -1.28. The minimum Gasteiger partial charge on any atom is -0.503 e. The number of nitrogens with zero attached hydrogens (tertiary/aromatic N) is 3. The Morgan fingerprint density at radius 2 is 2.08 bits per heavy atom. The van der Waals surface area contributed by atoms with Crippen LogP contribution in [0.4, 0.5) is 8.78 Å². The molecule has 2 amide bonds. The van der Waals surface area contributed by atoms with Gasteiger partial charge in [0.25, 0.3) is 11.8 Å². The number of aliphatic hydroxyl groups is 1. The van der Waals surface area contributed by atoms with E-state index in [0.29, 0.717) is 24.6 Å². The third kappa shape index (κ3) is 3.47. The summed E-state index contributed by atoms with van der Waals surface area (Å²) in [6.07, 6.45) is 0.825. The van der Waals surface area contributed by atoms with Crippen molar-refractivity contribution in [3.63, 3.8) is 0 Å². The molecule has 36 heavy (non-hydrogen) atoms. The number of oxime groups is 1. The maximum Gasteiger partial charge on any atom is 0.274 e. The maximum absolute atomic E-state index is 14.0. The van der Waals surface area contributed by atoms with E-state index in [0.717, 1.165) is 18.3 Å². The SMILES string of the molecule is CC1=NO[C@@]2(CC[C@H](C)N3C[C@H]2n2cc(C(=O)NCc4ccc(F)cc4F)c(=O)c(O)c2C3=O)[C@H]1O. The highest BCUT2D eigenvalue weighted by atomic mass is 19.1. The highest BCUT2D eigenvalue weighted by Gasteiger charge is 2.58. The van der Waals surface area contributed by atoms with Gasteiger partial charge in [-0.2, -0.15) is 0 Å². The highest BCUT2D eigenvalue weighted by molar-refractivity contribution is 5.99. The lowest BCUT2D eigenvalue weighted by molar-refractivity contribution is -0.114. The predicted octanol–water partition coefficient (Wildman–Crippen LogP) is 1.45. The van der Waals surface area contributed by atoms with Gasteiger partial charge in [-0.3, -0.25) is 14.4 Å². The molecule has 10 nitrogen and oxygen atoms in total. The molecular weight excluding hydrogens is 478 g/mol. The predicted molar refractivity (Wildman–Crippen MR) is 122 cm³/mol. The Morgan fingerprint density at radius 1 is 1.33 bits per heavy atom. The second-order valence-electron chi connectivity index (χ2n) is 9.44. The van der Waals surface area contributed by atoms with E-state index < -0.39 is 57.9 Å². The Morgan fingerprint density at radius 3 is 2.75 bits per heavy atom. The first-order chi connectivity index (χ1) is 17.0. The lowest BCUT2D eigenvalue weighted by atomic mass is 9.82. The van der Waals surface area contributed by atoms with Crippen LogP contribution in [-0.2, 0) is 11.4 Å². The van der Waals surface area contributed by atoms with Crippen molar-refractivity contribution >= 4 is 17.5 Å². The quantitative estimate of drug-likeness (QED) is 0.582. The number of hydrogen-bond acceptors (Lipinski definition) is 7. The second kappa shape index (κ2) is 8.40. The van der Waals surface area contributed by atoms with Crippen LogP contribution in [0.25, 0.3) is 0 Å². The number of halogens is 2. The summed E-state index contributed by atoms with van der Waals surface area (Å²) in [7, 11) is 0. The molecule has 0 radical (unpaired) electrons. The summed E-state index contributed by atoms with van der Waals surface area (Å²) in [6.45, 7) is 3.18. The molecule has 0 unspecified atom stereocenters. The molecule has 4 atom stereocenters. The molecule has 2 aromatic rings. The number of aliphatic hydroxyl groups excluding tert-OH is 1. The number of benzene rings is 1. The molecule has 12 heteroatoms. The molecule has 1 aromatic carbocycles. The molecule has 1 aromatic heterocycles. The molecule has 1 fully saturated rings. The fourth-order valence-corrected chi connectivity index (χ4v) is 5.23. The zero-order valence-electron chi connectivity index (χ0n) is 19.5. The van der Waals surface area contributed by atoms with Gasteiger partial charge in [-0.15, -0.1) is 0 Å². The van der Waals surface area contributed by atoms with E-state index in [1.165, 1.54) is 9.47 Å². The fraction of sp³-hybridized carbons (Fsp3) is 0.417. The molecule has 1 saturated heterocycles. The Kier molecular flexibility index (Phi) is 5.58. The molecule has 5 rings (SSSR count). The van der Waals surface area contributed by atoms with Crippen molar-refractivity contribution < 1.29 is 33.4 Å². The van der Waals surface area contributed by atoms with Crippen molar-refractivity contribution in [3.8, 4) is 5.75 Å². The van der Waals surface area contributed by atoms with Gasteiger partial charge in [0.15, 0.2) is 17.0 Å². The molecule has 1 spiro atoms. The zero-order chi connectivity index (χ0) is 25.9. The van der Waals surface area contributed by atoms with Crippen LogP contribution in [0.15, 0.2) is 34.3 Å². The first-order valence-electron chi connectivity index (χ1n) is 11.5. The first kappa shape index (κ1) is 23.9. The van der Waals surface area contributed by atoms with Crippen LogP contribution in [-0.4, -0.2) is 61.5 Å². The van der Waals surface area contributed by atoms with Crippen LogP contribution in [0.3, 0.4) is 0 Å². The monoisotopic (exact) mass is 502 g/mol. The molecule has 3 N–H and O–H groups in total. The van der Waals surface area contributed by atoms with Crippen LogP contribution >= 0.6 is 0 Å². The van der Waals surface area contributed by atoms with Crippen molar-refractivity contribution in [2.24, 2.45) is 5.16 Å². The third-order valence-electron chi connectivity index (χ3n) is 7.35. The summed E-state index contributed by atoms with van der Waals surface area (Å²) in [6, 6.07) is 1.81. The standard InChI is InChI=1S/C24H24F2N4O6/c1-11-5-6-24(21(33)12(2)28-36-24)17-10-29(11)23(35)18-20(32)19(31)15(9-30(17)18)22(34)27-8-13-3-4-14(25)7-16(13)26/h3-4,7,9,11,17,21,32-33H,5-6,8,10H2,1-2H3,(H,27,34)/t11-,17+,21-,24+/m0/s1. The van der Waals surface area contributed by atoms with Crippen molar-refractivity contribution in [1.29, 1.82) is 0 Å². The van der Waals surface area contributed by atoms with E-state index in [9.17, 15) is 33.4 Å². The van der Waals surface area contributed by atoms with E-state index in [-0.39, 0.29) is 30.4 Å². The van der Waals surface area contributed by atoms with E-state index in [1.807, 2.05) is 6.92 Å². The number of pyridine rings is 1. The van der Waals surface area contributed by atoms with Gasteiger partial charge in [-0.05, 0) is 32.8 Å². The van der Waals surface area contributed by atoms with Crippen LogP contribution in [0.5, 0.6) is 5.75 Å². The number of rotatable bonds is 3. The van der Waals surface area contributed by atoms with Gasteiger partial charge in [-0.25, -0.2) is 8.78 Å². The molecular formula is C24H24F2N4O6. The van der Waals surface area contributed by atoms with Crippen molar-refractivity contribution in [1.82, 2.24) is 14.8 Å². The fourth-order valence-electron chi connectivity index (χ4n) is 5.23. The molecule has 3 aliphatic rings. The summed E-state index contributed by atoms with van der Waals surface area (Å²) in [4.78, 5) is 46.4. The normalized spacial score (nSPS) is 26.8. The van der Waals surface area contributed by atoms with E-state index >= 15 is 0 Å². The van der Waals surface area contributed by atoms with Crippen LogP contribution in [0.1, 0.15) is 59.1 Å². The molecule has 4 heterocycles. The smallest absolute Gasteiger partial charge is 0.274 e. The number of carbonyl (C=O) groups is 2. The topological polar surface area (TPSA) is 133 Å². The molecule has 190 valence electrons. The molecule has 0 saturated carbocycles. The second-order valence-corrected chi connectivity index (χ2v) is 9.44. The van der Waals surface area contributed by atoms with Gasteiger partial charge in [0.2, 0.25) is 5.43 Å². The molecule has 2 bridgehead atoms. The van der Waals surface area contributed by atoms with Crippen LogP contribution < -0.4 is 10.7 Å². The number of fused-ring (bicyclic) bond motifs is 5. The number of hydrogen-bond donors (Lipinski definition) is 3. The lowest BCUT2D eigenvalue weighted by Gasteiger charge is -2.43. The molecule has 3 aliphatic heterocycles. The van der Waals surface area contributed by atoms with Gasteiger partial charge >= 0.3 is 0 Å². The third-order valence-corrected chi connectivity index (χ3v) is 7.35. The summed E-state index contributed by atoms with van der Waals surface area (Å²) in [5.41, 5.74) is -2.82. The molecule has 0 aliphatic carbocycles.